The molecule has 4 nitrogen and oxygen atoms in total. The molecule has 0 spiro atoms. The SMILES string of the molecule is CC(C)CCOP(=O)(CCCc1ccc(N)cc1)OCCC(C)C. The summed E-state index contributed by atoms with van der Waals surface area (Å²) >= 11 is 0. The van der Waals surface area contributed by atoms with Crippen LogP contribution in [-0.2, 0) is 20.0 Å². The quantitative estimate of drug-likeness (QED) is 0.396. The fourth-order valence-electron chi connectivity index (χ4n) is 2.18. The first-order valence-electron chi connectivity index (χ1n) is 9.03. The molecule has 0 aromatic heterocycles. The third-order valence-electron chi connectivity index (χ3n) is 3.84. The largest absolute Gasteiger partial charge is 0.399 e. The Morgan fingerprint density at radius 1 is 0.958 bits per heavy atom. The molecule has 1 aromatic carbocycles. The van der Waals surface area contributed by atoms with Crippen molar-refractivity contribution in [1.82, 2.24) is 0 Å². The van der Waals surface area contributed by atoms with Gasteiger partial charge in [-0.25, -0.2) is 0 Å². The second kappa shape index (κ2) is 10.9. The Labute approximate surface area is 147 Å². The highest BCUT2D eigenvalue weighted by molar-refractivity contribution is 7.53. The van der Waals surface area contributed by atoms with Gasteiger partial charge in [0.25, 0.3) is 0 Å². The Morgan fingerprint density at radius 3 is 1.92 bits per heavy atom. The Hall–Kier alpha value is -0.830. The second-order valence-electron chi connectivity index (χ2n) is 7.21. The van der Waals surface area contributed by atoms with Crippen molar-refractivity contribution in [3.63, 3.8) is 0 Å². The maximum Gasteiger partial charge on any atom is 0.330 e. The van der Waals surface area contributed by atoms with Crippen molar-refractivity contribution < 1.29 is 13.6 Å². The van der Waals surface area contributed by atoms with Crippen molar-refractivity contribution in [2.75, 3.05) is 25.1 Å². The van der Waals surface area contributed by atoms with Gasteiger partial charge in [-0.3, -0.25) is 4.57 Å². The second-order valence-corrected chi connectivity index (χ2v) is 9.40. The van der Waals surface area contributed by atoms with E-state index in [2.05, 4.69) is 27.7 Å². The van der Waals surface area contributed by atoms with Crippen LogP contribution in [0.2, 0.25) is 0 Å². The predicted molar refractivity (Wildman–Crippen MR) is 102 cm³/mol. The topological polar surface area (TPSA) is 61.5 Å². The van der Waals surface area contributed by atoms with Crippen LogP contribution in [0.4, 0.5) is 5.69 Å². The van der Waals surface area contributed by atoms with Crippen LogP contribution in [0.1, 0.15) is 52.5 Å². The number of nitrogens with two attached hydrogens (primary N) is 1. The normalized spacial score (nSPS) is 12.2. The first kappa shape index (κ1) is 21.2. The zero-order valence-corrected chi connectivity index (χ0v) is 16.6. The van der Waals surface area contributed by atoms with Crippen molar-refractivity contribution in [3.8, 4) is 0 Å². The molecule has 0 aliphatic carbocycles. The Bertz CT molecular complexity index is 482. The summed E-state index contributed by atoms with van der Waals surface area (Å²) in [6.07, 6.45) is 3.90. The van der Waals surface area contributed by atoms with Gasteiger partial charge >= 0.3 is 7.60 Å². The van der Waals surface area contributed by atoms with Crippen molar-refractivity contribution >= 4 is 13.3 Å². The molecule has 0 saturated carbocycles. The van der Waals surface area contributed by atoms with E-state index in [4.69, 9.17) is 14.8 Å². The molecule has 5 heteroatoms. The molecule has 1 aromatic rings. The average molecular weight is 355 g/mol. The van der Waals surface area contributed by atoms with E-state index < -0.39 is 7.60 Å². The van der Waals surface area contributed by atoms with Crippen LogP contribution in [-0.4, -0.2) is 19.4 Å². The summed E-state index contributed by atoms with van der Waals surface area (Å²) in [5.41, 5.74) is 7.66. The molecule has 0 radical (unpaired) electrons. The smallest absolute Gasteiger partial charge is 0.330 e. The number of benzene rings is 1. The minimum absolute atomic E-state index is 0.466. The van der Waals surface area contributed by atoms with Crippen molar-refractivity contribution in [1.29, 1.82) is 0 Å². The highest BCUT2D eigenvalue weighted by Crippen LogP contribution is 2.49. The highest BCUT2D eigenvalue weighted by atomic mass is 31.2. The fourth-order valence-corrected chi connectivity index (χ4v) is 3.83. The molecule has 0 saturated heterocycles. The van der Waals surface area contributed by atoms with Gasteiger partial charge in [0.15, 0.2) is 0 Å². The number of rotatable bonds is 12. The van der Waals surface area contributed by atoms with Gasteiger partial charge in [0, 0.05) is 5.69 Å². The van der Waals surface area contributed by atoms with E-state index in [0.29, 0.717) is 31.2 Å². The van der Waals surface area contributed by atoms with Crippen LogP contribution in [0.5, 0.6) is 0 Å². The van der Waals surface area contributed by atoms with Crippen LogP contribution in [0.25, 0.3) is 0 Å². The van der Waals surface area contributed by atoms with Crippen LogP contribution < -0.4 is 5.73 Å². The summed E-state index contributed by atoms with van der Waals surface area (Å²) in [5, 5.41) is 0. The maximum atomic E-state index is 13.0. The van der Waals surface area contributed by atoms with Crippen molar-refractivity contribution in [2.24, 2.45) is 11.8 Å². The molecular weight excluding hydrogens is 321 g/mol. The number of aryl methyl sites for hydroxylation is 1. The van der Waals surface area contributed by atoms with E-state index in [1.165, 1.54) is 5.56 Å². The highest BCUT2D eigenvalue weighted by Gasteiger charge is 2.24. The summed E-state index contributed by atoms with van der Waals surface area (Å²) in [5.74, 6) is 1.06. The van der Waals surface area contributed by atoms with E-state index in [0.717, 1.165) is 31.4 Å². The molecule has 0 bridgehead atoms. The van der Waals surface area contributed by atoms with Gasteiger partial charge in [-0.05, 0) is 55.2 Å². The molecule has 1 rings (SSSR count). The minimum atomic E-state index is -3.00. The monoisotopic (exact) mass is 355 g/mol. The van der Waals surface area contributed by atoms with Crippen LogP contribution >= 0.6 is 7.60 Å². The Morgan fingerprint density at radius 2 is 1.46 bits per heavy atom. The van der Waals surface area contributed by atoms with Crippen molar-refractivity contribution in [3.05, 3.63) is 29.8 Å². The predicted octanol–water partition coefficient (Wildman–Crippen LogP) is 5.52. The van der Waals surface area contributed by atoms with Crippen LogP contribution in [0.3, 0.4) is 0 Å². The summed E-state index contributed by atoms with van der Waals surface area (Å²) in [6, 6.07) is 7.82. The van der Waals surface area contributed by atoms with Crippen LogP contribution in [0, 0.1) is 11.8 Å². The van der Waals surface area contributed by atoms with Crippen molar-refractivity contribution in [2.45, 2.75) is 53.4 Å². The lowest BCUT2D eigenvalue weighted by Gasteiger charge is -2.20. The maximum absolute atomic E-state index is 13.0. The van der Waals surface area contributed by atoms with E-state index >= 15 is 0 Å². The van der Waals surface area contributed by atoms with Gasteiger partial charge in [0.2, 0.25) is 0 Å². The fraction of sp³-hybridized carbons (Fsp3) is 0.684. The minimum Gasteiger partial charge on any atom is -0.399 e. The van der Waals surface area contributed by atoms with Gasteiger partial charge in [-0.15, -0.1) is 0 Å². The third kappa shape index (κ3) is 9.46. The zero-order valence-electron chi connectivity index (χ0n) is 15.7. The molecule has 0 aliphatic rings. The molecule has 0 atom stereocenters. The van der Waals surface area contributed by atoms with E-state index in [1.54, 1.807) is 0 Å². The Kier molecular flexibility index (Phi) is 9.65. The van der Waals surface area contributed by atoms with Crippen LogP contribution in [0.15, 0.2) is 24.3 Å². The molecule has 0 fully saturated rings. The number of hydrogen-bond acceptors (Lipinski definition) is 4. The first-order valence-corrected chi connectivity index (χ1v) is 10.8. The molecule has 24 heavy (non-hydrogen) atoms. The summed E-state index contributed by atoms with van der Waals surface area (Å²) in [6.45, 7) is 9.53. The zero-order chi connectivity index (χ0) is 18.0. The molecule has 2 N–H and O–H groups in total. The first-order chi connectivity index (χ1) is 11.3. The molecular formula is C19H34NO3P. The molecule has 0 heterocycles. The summed E-state index contributed by atoms with van der Waals surface area (Å²) in [4.78, 5) is 0. The summed E-state index contributed by atoms with van der Waals surface area (Å²) in [7, 11) is -3.00. The Balaban J connectivity index is 2.49. The lowest BCUT2D eigenvalue weighted by Crippen LogP contribution is -2.06. The van der Waals surface area contributed by atoms with Gasteiger partial charge < -0.3 is 14.8 Å². The van der Waals surface area contributed by atoms with Gasteiger partial charge in [-0.2, -0.15) is 0 Å². The average Bonchev–Trinajstić information content (AvgIpc) is 2.48. The van der Waals surface area contributed by atoms with E-state index in [1.807, 2.05) is 24.3 Å². The van der Waals surface area contributed by atoms with Gasteiger partial charge in [0.05, 0.1) is 19.4 Å². The molecule has 0 aliphatic heterocycles. The number of nitrogen functional groups attached to an aromatic ring is 1. The molecule has 138 valence electrons. The van der Waals surface area contributed by atoms with E-state index in [-0.39, 0.29) is 0 Å². The number of anilines is 1. The third-order valence-corrected chi connectivity index (χ3v) is 5.86. The van der Waals surface area contributed by atoms with E-state index in [9.17, 15) is 4.57 Å². The standard InChI is InChI=1S/C19H34NO3P/c1-16(2)11-13-22-24(21,23-14-12-17(3)4)15-5-6-18-7-9-19(20)10-8-18/h7-10,16-17H,5-6,11-15,20H2,1-4H3. The van der Waals surface area contributed by atoms with Gasteiger partial charge in [0.1, 0.15) is 0 Å². The summed E-state index contributed by atoms with van der Waals surface area (Å²) < 4.78 is 24.3. The number of hydrogen-bond donors (Lipinski definition) is 1. The lowest BCUT2D eigenvalue weighted by molar-refractivity contribution is 0.189. The van der Waals surface area contributed by atoms with Gasteiger partial charge in [-0.1, -0.05) is 39.8 Å². The molecule has 0 unspecified atom stereocenters. The molecule has 0 amide bonds. The lowest BCUT2D eigenvalue weighted by atomic mass is 10.1.